The zero-order valence-corrected chi connectivity index (χ0v) is 15.2. The highest BCUT2D eigenvalue weighted by Gasteiger charge is 2.12. The van der Waals surface area contributed by atoms with Crippen molar-refractivity contribution in [2.24, 2.45) is 0 Å². The number of ether oxygens (including phenoxy) is 3. The number of nitrogens with zero attached hydrogens (tertiary/aromatic N) is 1. The van der Waals surface area contributed by atoms with Crippen LogP contribution in [0.15, 0.2) is 54.9 Å². The maximum absolute atomic E-state index is 13.6. The zero-order chi connectivity index (χ0) is 20.1. The van der Waals surface area contributed by atoms with E-state index in [1.807, 2.05) is 0 Å². The fraction of sp³-hybridized carbons (Fsp3) is 0.143. The maximum Gasteiger partial charge on any atom is 0.339 e. The summed E-state index contributed by atoms with van der Waals surface area (Å²) in [5.41, 5.74) is 2.12. The number of halogens is 2. The predicted octanol–water partition coefficient (Wildman–Crippen LogP) is 4.40. The molecular weight excluding hydrogens is 368 g/mol. The molecule has 5 nitrogen and oxygen atoms in total. The molecule has 0 amide bonds. The Morgan fingerprint density at radius 2 is 1.71 bits per heavy atom. The smallest absolute Gasteiger partial charge is 0.339 e. The van der Waals surface area contributed by atoms with Crippen molar-refractivity contribution in [3.05, 3.63) is 77.6 Å². The summed E-state index contributed by atoms with van der Waals surface area (Å²) in [6.07, 6.45) is 3.01. The van der Waals surface area contributed by atoms with Gasteiger partial charge in [-0.25, -0.2) is 13.6 Å². The summed E-state index contributed by atoms with van der Waals surface area (Å²) in [6.45, 7) is 0.200. The van der Waals surface area contributed by atoms with Gasteiger partial charge in [-0.05, 0) is 29.8 Å². The van der Waals surface area contributed by atoms with Crippen molar-refractivity contribution in [2.45, 2.75) is 6.61 Å². The van der Waals surface area contributed by atoms with Crippen LogP contribution in [0.4, 0.5) is 8.78 Å². The summed E-state index contributed by atoms with van der Waals surface area (Å²) in [5, 5.41) is 0. The number of esters is 1. The minimum atomic E-state index is -0.969. The molecule has 0 N–H and O–H groups in total. The van der Waals surface area contributed by atoms with Crippen LogP contribution in [0.3, 0.4) is 0 Å². The van der Waals surface area contributed by atoms with Gasteiger partial charge in [0.2, 0.25) is 0 Å². The van der Waals surface area contributed by atoms with E-state index in [0.29, 0.717) is 28.0 Å². The van der Waals surface area contributed by atoms with Crippen molar-refractivity contribution in [2.75, 3.05) is 14.2 Å². The van der Waals surface area contributed by atoms with E-state index in [-0.39, 0.29) is 12.4 Å². The number of hydrogen-bond acceptors (Lipinski definition) is 5. The third kappa shape index (κ3) is 4.25. The molecule has 0 aliphatic rings. The van der Waals surface area contributed by atoms with Gasteiger partial charge in [0, 0.05) is 29.6 Å². The van der Waals surface area contributed by atoms with Crippen molar-refractivity contribution >= 4 is 5.97 Å². The molecule has 1 aromatic heterocycles. The van der Waals surface area contributed by atoms with Crippen LogP contribution in [-0.2, 0) is 11.3 Å². The molecule has 7 heteroatoms. The molecule has 0 aliphatic heterocycles. The highest BCUT2D eigenvalue weighted by Crippen LogP contribution is 2.33. The minimum Gasteiger partial charge on any atom is -0.496 e. The molecule has 0 unspecified atom stereocenters. The Morgan fingerprint density at radius 3 is 2.39 bits per heavy atom. The summed E-state index contributed by atoms with van der Waals surface area (Å²) in [4.78, 5) is 15.5. The second-order valence-corrected chi connectivity index (χ2v) is 5.85. The second-order valence-electron chi connectivity index (χ2n) is 5.85. The molecule has 3 aromatic rings. The fourth-order valence-electron chi connectivity index (χ4n) is 2.62. The lowest BCUT2D eigenvalue weighted by atomic mass is 10.0. The largest absolute Gasteiger partial charge is 0.496 e. The van der Waals surface area contributed by atoms with Gasteiger partial charge in [-0.1, -0.05) is 12.1 Å². The van der Waals surface area contributed by atoms with E-state index in [9.17, 15) is 13.6 Å². The Morgan fingerprint density at radius 1 is 1.00 bits per heavy atom. The molecule has 0 saturated carbocycles. The average Bonchev–Trinajstić information content (AvgIpc) is 2.74. The lowest BCUT2D eigenvalue weighted by molar-refractivity contribution is 0.0600. The van der Waals surface area contributed by atoms with Crippen LogP contribution in [0.2, 0.25) is 0 Å². The maximum atomic E-state index is 13.6. The first-order valence-corrected chi connectivity index (χ1v) is 8.30. The van der Waals surface area contributed by atoms with Crippen molar-refractivity contribution in [1.82, 2.24) is 4.98 Å². The number of pyridine rings is 1. The number of methoxy groups -OCH3 is 2. The lowest BCUT2D eigenvalue weighted by Crippen LogP contribution is -2.04. The summed E-state index contributed by atoms with van der Waals surface area (Å²) in [5.74, 6) is -1.59. The quantitative estimate of drug-likeness (QED) is 0.589. The van der Waals surface area contributed by atoms with Crippen molar-refractivity contribution in [1.29, 1.82) is 0 Å². The van der Waals surface area contributed by atoms with Gasteiger partial charge in [0.15, 0.2) is 11.6 Å². The minimum absolute atomic E-state index is 0.200. The SMILES string of the molecule is COC(=O)c1cncc(COc2ccc(-c3cc(F)c(F)cc3OC)cc2)c1. The van der Waals surface area contributed by atoms with Crippen molar-refractivity contribution in [3.63, 3.8) is 0 Å². The predicted molar refractivity (Wildman–Crippen MR) is 98.3 cm³/mol. The number of rotatable bonds is 6. The normalized spacial score (nSPS) is 10.4. The molecule has 144 valence electrons. The molecule has 0 atom stereocenters. The van der Waals surface area contributed by atoms with E-state index >= 15 is 0 Å². The van der Waals surface area contributed by atoms with E-state index < -0.39 is 17.6 Å². The van der Waals surface area contributed by atoms with Gasteiger partial charge in [-0.3, -0.25) is 4.98 Å². The molecule has 0 fully saturated rings. The summed E-state index contributed by atoms with van der Waals surface area (Å²) >= 11 is 0. The molecule has 0 radical (unpaired) electrons. The number of hydrogen-bond donors (Lipinski definition) is 0. The van der Waals surface area contributed by atoms with Gasteiger partial charge in [0.05, 0.1) is 19.8 Å². The fourth-order valence-corrected chi connectivity index (χ4v) is 2.62. The highest BCUT2D eigenvalue weighted by molar-refractivity contribution is 5.89. The number of benzene rings is 2. The highest BCUT2D eigenvalue weighted by atomic mass is 19.2. The lowest BCUT2D eigenvalue weighted by Gasteiger charge is -2.11. The Kier molecular flexibility index (Phi) is 5.84. The third-order valence-corrected chi connectivity index (χ3v) is 4.03. The van der Waals surface area contributed by atoms with Gasteiger partial charge in [0.25, 0.3) is 0 Å². The molecule has 28 heavy (non-hydrogen) atoms. The molecule has 0 aliphatic carbocycles. The van der Waals surface area contributed by atoms with Crippen molar-refractivity contribution < 1.29 is 27.8 Å². The first kappa shape index (κ1) is 19.3. The van der Waals surface area contributed by atoms with Crippen LogP contribution in [0.5, 0.6) is 11.5 Å². The number of aromatic nitrogens is 1. The third-order valence-electron chi connectivity index (χ3n) is 4.03. The molecule has 0 bridgehead atoms. The van der Waals surface area contributed by atoms with E-state index in [1.165, 1.54) is 20.4 Å². The summed E-state index contributed by atoms with van der Waals surface area (Å²) < 4.78 is 42.5. The monoisotopic (exact) mass is 385 g/mol. The van der Waals surface area contributed by atoms with Crippen LogP contribution < -0.4 is 9.47 Å². The molecule has 2 aromatic carbocycles. The Hall–Kier alpha value is -3.48. The van der Waals surface area contributed by atoms with Gasteiger partial charge < -0.3 is 14.2 Å². The zero-order valence-electron chi connectivity index (χ0n) is 15.2. The van der Waals surface area contributed by atoms with Gasteiger partial charge in [-0.15, -0.1) is 0 Å². The van der Waals surface area contributed by atoms with Gasteiger partial charge in [0.1, 0.15) is 18.1 Å². The molecule has 1 heterocycles. The molecule has 3 rings (SSSR count). The second kappa shape index (κ2) is 8.47. The molecular formula is C21H17F2NO4. The Bertz CT molecular complexity index is 990. The first-order chi connectivity index (χ1) is 13.5. The van der Waals surface area contributed by atoms with Gasteiger partial charge in [-0.2, -0.15) is 0 Å². The molecule has 0 spiro atoms. The van der Waals surface area contributed by atoms with Crippen LogP contribution in [0.25, 0.3) is 11.1 Å². The van der Waals surface area contributed by atoms with Crippen LogP contribution in [0, 0.1) is 11.6 Å². The van der Waals surface area contributed by atoms with E-state index in [2.05, 4.69) is 9.72 Å². The van der Waals surface area contributed by atoms with E-state index in [4.69, 9.17) is 9.47 Å². The van der Waals surface area contributed by atoms with Crippen molar-refractivity contribution in [3.8, 4) is 22.6 Å². The van der Waals surface area contributed by atoms with Gasteiger partial charge >= 0.3 is 5.97 Å². The van der Waals surface area contributed by atoms with Crippen LogP contribution in [-0.4, -0.2) is 25.2 Å². The Labute approximate surface area is 160 Å². The summed E-state index contributed by atoms with van der Waals surface area (Å²) in [6, 6.07) is 10.6. The standard InChI is InChI=1S/C21H17F2NO4/c1-26-20-9-19(23)18(22)8-17(20)14-3-5-16(6-4-14)28-12-13-7-15(11-24-10-13)21(25)27-2/h3-11H,12H2,1-2H3. The average molecular weight is 385 g/mol. The Balaban J connectivity index is 1.74. The van der Waals surface area contributed by atoms with E-state index in [0.717, 1.165) is 12.1 Å². The van der Waals surface area contributed by atoms with Crippen LogP contribution >= 0.6 is 0 Å². The van der Waals surface area contributed by atoms with Crippen LogP contribution in [0.1, 0.15) is 15.9 Å². The number of carbonyl (C=O) groups is 1. The van der Waals surface area contributed by atoms with E-state index in [1.54, 1.807) is 36.5 Å². The topological polar surface area (TPSA) is 57.7 Å². The first-order valence-electron chi connectivity index (χ1n) is 8.30. The summed E-state index contributed by atoms with van der Waals surface area (Å²) in [7, 11) is 2.69. The number of carbonyl (C=O) groups excluding carboxylic acids is 1. The molecule has 0 saturated heterocycles.